The molecule has 0 atom stereocenters. The minimum Gasteiger partial charge on any atom is -0.371 e. The van der Waals surface area contributed by atoms with Crippen molar-refractivity contribution in [3.63, 3.8) is 0 Å². The lowest BCUT2D eigenvalue weighted by molar-refractivity contribution is 0.102. The Morgan fingerprint density at radius 2 is 1.84 bits per heavy atom. The van der Waals surface area contributed by atoms with Gasteiger partial charge < -0.3 is 15.5 Å². The fourth-order valence-corrected chi connectivity index (χ4v) is 3.01. The van der Waals surface area contributed by atoms with Gasteiger partial charge in [-0.1, -0.05) is 6.07 Å². The Labute approximate surface area is 153 Å². The van der Waals surface area contributed by atoms with E-state index in [1.54, 1.807) is 0 Å². The summed E-state index contributed by atoms with van der Waals surface area (Å²) in [6.07, 6.45) is 2.23. The first-order valence-electron chi connectivity index (χ1n) is 8.24. The van der Waals surface area contributed by atoms with E-state index in [1.165, 1.54) is 24.3 Å². The van der Waals surface area contributed by atoms with Crippen LogP contribution in [0.5, 0.6) is 0 Å². The van der Waals surface area contributed by atoms with Crippen molar-refractivity contribution >= 4 is 29.7 Å². The van der Waals surface area contributed by atoms with Crippen LogP contribution in [0.25, 0.3) is 0 Å². The van der Waals surface area contributed by atoms with E-state index in [0.29, 0.717) is 11.6 Å². The molecular formula is C19H23ClFN3O. The molecule has 0 bridgehead atoms. The van der Waals surface area contributed by atoms with Gasteiger partial charge in [0.05, 0.1) is 0 Å². The van der Waals surface area contributed by atoms with Gasteiger partial charge in [0.2, 0.25) is 0 Å². The van der Waals surface area contributed by atoms with Crippen molar-refractivity contribution in [1.29, 1.82) is 0 Å². The molecule has 4 nitrogen and oxygen atoms in total. The third-order valence-corrected chi connectivity index (χ3v) is 4.47. The van der Waals surface area contributed by atoms with Gasteiger partial charge in [0.25, 0.3) is 5.91 Å². The predicted molar refractivity (Wildman–Crippen MR) is 102 cm³/mol. The summed E-state index contributed by atoms with van der Waals surface area (Å²) in [4.78, 5) is 14.5. The standard InChI is InChI=1S/C19H22FN3O.ClH/c1-23(17-9-11-21-12-10-17)18-4-2-3-16(13-18)22-19(24)14-5-7-15(20)8-6-14;/h2-8,13,17,21H,9-12H2,1H3,(H,22,24);1H. The number of benzene rings is 2. The average molecular weight is 364 g/mol. The summed E-state index contributed by atoms with van der Waals surface area (Å²) in [7, 11) is 2.09. The van der Waals surface area contributed by atoms with Crippen molar-refractivity contribution in [3.05, 3.63) is 59.9 Å². The number of halogens is 2. The molecule has 0 spiro atoms. The van der Waals surface area contributed by atoms with Crippen LogP contribution in [0, 0.1) is 5.82 Å². The Morgan fingerprint density at radius 3 is 2.52 bits per heavy atom. The van der Waals surface area contributed by atoms with Crippen LogP contribution < -0.4 is 15.5 Å². The van der Waals surface area contributed by atoms with Crippen molar-refractivity contribution in [1.82, 2.24) is 5.32 Å². The van der Waals surface area contributed by atoms with Crippen LogP contribution in [0.15, 0.2) is 48.5 Å². The number of hydrogen-bond donors (Lipinski definition) is 2. The van der Waals surface area contributed by atoms with Gasteiger partial charge >= 0.3 is 0 Å². The van der Waals surface area contributed by atoms with E-state index in [1.807, 2.05) is 18.2 Å². The maximum absolute atomic E-state index is 13.0. The third kappa shape index (κ3) is 4.94. The Kier molecular flexibility index (Phi) is 6.79. The maximum Gasteiger partial charge on any atom is 0.255 e. The molecule has 1 aliphatic rings. The van der Waals surface area contributed by atoms with E-state index in [2.05, 4.69) is 28.6 Å². The van der Waals surface area contributed by atoms with Crippen LogP contribution in [0.2, 0.25) is 0 Å². The molecule has 134 valence electrons. The number of carbonyl (C=O) groups is 1. The molecule has 0 aliphatic carbocycles. The topological polar surface area (TPSA) is 44.4 Å². The van der Waals surface area contributed by atoms with Crippen molar-refractivity contribution in [2.75, 3.05) is 30.4 Å². The molecule has 3 rings (SSSR count). The molecule has 0 aromatic heterocycles. The number of rotatable bonds is 4. The smallest absolute Gasteiger partial charge is 0.255 e. The van der Waals surface area contributed by atoms with E-state index < -0.39 is 0 Å². The Bertz CT molecular complexity index is 702. The Balaban J connectivity index is 0.00000225. The molecule has 1 aliphatic heterocycles. The zero-order valence-electron chi connectivity index (χ0n) is 14.2. The summed E-state index contributed by atoms with van der Waals surface area (Å²) in [6.45, 7) is 2.08. The highest BCUT2D eigenvalue weighted by Gasteiger charge is 2.18. The number of nitrogens with zero attached hydrogens (tertiary/aromatic N) is 1. The molecule has 25 heavy (non-hydrogen) atoms. The van der Waals surface area contributed by atoms with Crippen LogP contribution >= 0.6 is 12.4 Å². The molecule has 0 unspecified atom stereocenters. The van der Waals surface area contributed by atoms with E-state index in [9.17, 15) is 9.18 Å². The molecule has 2 N–H and O–H groups in total. The summed E-state index contributed by atoms with van der Waals surface area (Å²) in [6, 6.07) is 13.9. The van der Waals surface area contributed by atoms with Gasteiger partial charge in [-0.05, 0) is 68.4 Å². The van der Waals surface area contributed by atoms with E-state index >= 15 is 0 Å². The van der Waals surface area contributed by atoms with Gasteiger partial charge in [-0.15, -0.1) is 12.4 Å². The summed E-state index contributed by atoms with van der Waals surface area (Å²) < 4.78 is 13.0. The minimum absolute atomic E-state index is 0. The summed E-state index contributed by atoms with van der Waals surface area (Å²) >= 11 is 0. The first-order chi connectivity index (χ1) is 11.6. The lowest BCUT2D eigenvalue weighted by Crippen LogP contribution is -2.41. The molecular weight excluding hydrogens is 341 g/mol. The number of amides is 1. The Morgan fingerprint density at radius 1 is 1.16 bits per heavy atom. The summed E-state index contributed by atoms with van der Waals surface area (Å²) in [5, 5.41) is 6.25. The van der Waals surface area contributed by atoms with Crippen molar-refractivity contribution < 1.29 is 9.18 Å². The van der Waals surface area contributed by atoms with Crippen LogP contribution in [0.3, 0.4) is 0 Å². The van der Waals surface area contributed by atoms with Crippen LogP contribution in [0.4, 0.5) is 15.8 Å². The van der Waals surface area contributed by atoms with Crippen molar-refractivity contribution in [2.24, 2.45) is 0 Å². The largest absolute Gasteiger partial charge is 0.371 e. The average Bonchev–Trinajstić information content (AvgIpc) is 2.62. The van der Waals surface area contributed by atoms with Crippen molar-refractivity contribution in [3.8, 4) is 0 Å². The van der Waals surface area contributed by atoms with Crippen LogP contribution in [-0.4, -0.2) is 32.1 Å². The second-order valence-electron chi connectivity index (χ2n) is 6.10. The number of nitrogens with one attached hydrogen (secondary N) is 2. The highest BCUT2D eigenvalue weighted by molar-refractivity contribution is 6.04. The number of carbonyl (C=O) groups excluding carboxylic acids is 1. The monoisotopic (exact) mass is 363 g/mol. The fraction of sp³-hybridized carbons (Fsp3) is 0.316. The molecule has 0 radical (unpaired) electrons. The van der Waals surface area contributed by atoms with Gasteiger partial charge in [0.15, 0.2) is 0 Å². The minimum atomic E-state index is -0.350. The van der Waals surface area contributed by atoms with Gasteiger partial charge in [0, 0.05) is 30.0 Å². The fourth-order valence-electron chi connectivity index (χ4n) is 3.01. The van der Waals surface area contributed by atoms with Gasteiger partial charge in [-0.25, -0.2) is 4.39 Å². The molecule has 1 saturated heterocycles. The molecule has 1 heterocycles. The lowest BCUT2D eigenvalue weighted by Gasteiger charge is -2.33. The number of hydrogen-bond acceptors (Lipinski definition) is 3. The van der Waals surface area contributed by atoms with Gasteiger partial charge in [0.1, 0.15) is 5.82 Å². The van der Waals surface area contributed by atoms with Gasteiger partial charge in [-0.2, -0.15) is 0 Å². The normalized spacial score (nSPS) is 14.5. The zero-order valence-corrected chi connectivity index (χ0v) is 15.0. The van der Waals surface area contributed by atoms with Crippen LogP contribution in [0.1, 0.15) is 23.2 Å². The molecule has 0 saturated carbocycles. The molecule has 1 amide bonds. The third-order valence-electron chi connectivity index (χ3n) is 4.47. The SMILES string of the molecule is CN(c1cccc(NC(=O)c2ccc(F)cc2)c1)C1CCNCC1.Cl. The van der Waals surface area contributed by atoms with Crippen molar-refractivity contribution in [2.45, 2.75) is 18.9 Å². The summed E-state index contributed by atoms with van der Waals surface area (Å²) in [5.74, 6) is -0.589. The van der Waals surface area contributed by atoms with Crippen LogP contribution in [-0.2, 0) is 0 Å². The van der Waals surface area contributed by atoms with E-state index in [-0.39, 0.29) is 24.1 Å². The number of anilines is 2. The Hall–Kier alpha value is -2.11. The quantitative estimate of drug-likeness (QED) is 0.870. The molecule has 1 fully saturated rings. The lowest BCUT2D eigenvalue weighted by atomic mass is 10.0. The highest BCUT2D eigenvalue weighted by Crippen LogP contribution is 2.23. The van der Waals surface area contributed by atoms with Gasteiger partial charge in [-0.3, -0.25) is 4.79 Å². The van der Waals surface area contributed by atoms with E-state index in [0.717, 1.165) is 37.3 Å². The number of piperidine rings is 1. The zero-order chi connectivity index (χ0) is 16.9. The van der Waals surface area contributed by atoms with E-state index in [4.69, 9.17) is 0 Å². The predicted octanol–water partition coefficient (Wildman–Crippen LogP) is 3.69. The first-order valence-corrected chi connectivity index (χ1v) is 8.24. The molecule has 6 heteroatoms. The molecule has 2 aromatic carbocycles. The second-order valence-corrected chi connectivity index (χ2v) is 6.10. The highest BCUT2D eigenvalue weighted by atomic mass is 35.5. The summed E-state index contributed by atoms with van der Waals surface area (Å²) in [5.41, 5.74) is 2.26. The molecule has 2 aromatic rings. The first kappa shape index (κ1) is 19.2. The second kappa shape index (κ2) is 8.83. The maximum atomic E-state index is 13.0.